The first kappa shape index (κ1) is 24.5. The first-order valence-electron chi connectivity index (χ1n) is 10.5. The van der Waals surface area contributed by atoms with Gasteiger partial charge in [-0.15, -0.1) is 0 Å². The summed E-state index contributed by atoms with van der Waals surface area (Å²) in [5, 5.41) is 19.0. The molecule has 1 amide bonds. The summed E-state index contributed by atoms with van der Waals surface area (Å²) in [4.78, 5) is 12.5. The highest BCUT2D eigenvalue weighted by Gasteiger charge is 2.35. The molecule has 1 aliphatic carbocycles. The third kappa shape index (κ3) is 6.00. The SMILES string of the molecule is Cc1cc(NC2CCC(NC(=O)c3cn(CC(F)F)nc3C)CC2)cc(C(F)(F)F)c1C#N. The topological polar surface area (TPSA) is 82.7 Å². The van der Waals surface area contributed by atoms with Crippen molar-refractivity contribution in [1.29, 1.82) is 5.26 Å². The normalized spacial score (nSPS) is 18.8. The monoisotopic (exact) mass is 469 g/mol. The van der Waals surface area contributed by atoms with Crippen LogP contribution < -0.4 is 10.6 Å². The fourth-order valence-corrected chi connectivity index (χ4v) is 4.10. The molecule has 1 aliphatic rings. The Bertz CT molecular complexity index is 1050. The van der Waals surface area contributed by atoms with Gasteiger partial charge in [0, 0.05) is 24.0 Å². The molecule has 0 atom stereocenters. The summed E-state index contributed by atoms with van der Waals surface area (Å²) in [7, 11) is 0. The van der Waals surface area contributed by atoms with Crippen molar-refractivity contribution in [1.82, 2.24) is 15.1 Å². The van der Waals surface area contributed by atoms with Crippen LogP contribution in [0, 0.1) is 25.2 Å². The lowest BCUT2D eigenvalue weighted by Gasteiger charge is -2.30. The standard InChI is InChI=1S/C22H24F5N5O/c1-12-7-16(8-19(17(12)9-28)22(25,26)27)29-14-3-5-15(6-4-14)30-21(33)18-10-32(11-20(23)24)31-13(18)2/h7-8,10,14-15,20,29H,3-6,11H2,1-2H3,(H,30,33). The second-order valence-corrected chi connectivity index (χ2v) is 8.23. The summed E-state index contributed by atoms with van der Waals surface area (Å²) in [6.45, 7) is 2.46. The second-order valence-electron chi connectivity index (χ2n) is 8.23. The van der Waals surface area contributed by atoms with E-state index in [0.29, 0.717) is 37.1 Å². The fraction of sp³-hybridized carbons (Fsp3) is 0.500. The number of carbonyl (C=O) groups is 1. The molecule has 0 saturated heterocycles. The Morgan fingerprint density at radius 2 is 1.85 bits per heavy atom. The highest BCUT2D eigenvalue weighted by atomic mass is 19.4. The lowest BCUT2D eigenvalue weighted by Crippen LogP contribution is -2.40. The molecule has 2 aromatic rings. The van der Waals surface area contributed by atoms with E-state index in [1.807, 2.05) is 0 Å². The maximum absolute atomic E-state index is 13.3. The van der Waals surface area contributed by atoms with E-state index in [4.69, 9.17) is 5.26 Å². The first-order valence-corrected chi connectivity index (χ1v) is 10.5. The molecule has 2 N–H and O–H groups in total. The third-order valence-corrected chi connectivity index (χ3v) is 5.70. The number of aromatic nitrogens is 2. The number of rotatable bonds is 6. The predicted octanol–water partition coefficient (Wildman–Crippen LogP) is 4.81. The summed E-state index contributed by atoms with van der Waals surface area (Å²) in [5.41, 5.74) is -0.196. The molecule has 0 radical (unpaired) electrons. The number of nitrogens with zero attached hydrogens (tertiary/aromatic N) is 3. The van der Waals surface area contributed by atoms with Gasteiger partial charge in [0.05, 0.1) is 22.4 Å². The van der Waals surface area contributed by atoms with Crippen molar-refractivity contribution in [2.45, 2.75) is 70.8 Å². The molecule has 1 saturated carbocycles. The van der Waals surface area contributed by atoms with Crippen molar-refractivity contribution in [3.8, 4) is 6.07 Å². The number of aryl methyl sites for hydroxylation is 2. The summed E-state index contributed by atoms with van der Waals surface area (Å²) >= 11 is 0. The number of benzene rings is 1. The van der Waals surface area contributed by atoms with Crippen molar-refractivity contribution in [3.63, 3.8) is 0 Å². The van der Waals surface area contributed by atoms with E-state index < -0.39 is 24.7 Å². The van der Waals surface area contributed by atoms with Crippen LogP contribution >= 0.6 is 0 Å². The Morgan fingerprint density at radius 1 is 1.21 bits per heavy atom. The highest BCUT2D eigenvalue weighted by molar-refractivity contribution is 5.95. The van der Waals surface area contributed by atoms with Crippen LogP contribution in [-0.2, 0) is 12.7 Å². The molecular formula is C22H24F5N5O. The minimum Gasteiger partial charge on any atom is -0.382 e. The van der Waals surface area contributed by atoms with Gasteiger partial charge in [0.2, 0.25) is 0 Å². The first-order chi connectivity index (χ1) is 15.5. The van der Waals surface area contributed by atoms with Crippen molar-refractivity contribution < 1.29 is 26.7 Å². The summed E-state index contributed by atoms with van der Waals surface area (Å²) in [5.74, 6) is -0.387. The van der Waals surface area contributed by atoms with Crippen molar-refractivity contribution in [2.24, 2.45) is 0 Å². The van der Waals surface area contributed by atoms with Crippen molar-refractivity contribution in [2.75, 3.05) is 5.32 Å². The van der Waals surface area contributed by atoms with E-state index in [1.54, 1.807) is 13.0 Å². The lowest BCUT2D eigenvalue weighted by atomic mass is 9.90. The minimum absolute atomic E-state index is 0.0814. The van der Waals surface area contributed by atoms with E-state index in [2.05, 4.69) is 15.7 Å². The maximum Gasteiger partial charge on any atom is 0.417 e. The highest BCUT2D eigenvalue weighted by Crippen LogP contribution is 2.36. The molecule has 1 fully saturated rings. The summed E-state index contributed by atoms with van der Waals surface area (Å²) < 4.78 is 66.1. The Balaban J connectivity index is 1.59. The molecule has 33 heavy (non-hydrogen) atoms. The number of carbonyl (C=O) groups excluding carboxylic acids is 1. The third-order valence-electron chi connectivity index (χ3n) is 5.70. The Hall–Kier alpha value is -3.16. The molecule has 1 heterocycles. The quantitative estimate of drug-likeness (QED) is 0.595. The van der Waals surface area contributed by atoms with Crippen molar-refractivity contribution in [3.05, 3.63) is 46.3 Å². The molecule has 0 unspecified atom stereocenters. The Labute approximate surface area is 187 Å². The van der Waals surface area contributed by atoms with E-state index in [9.17, 15) is 26.7 Å². The smallest absolute Gasteiger partial charge is 0.382 e. The van der Waals surface area contributed by atoms with Gasteiger partial charge in [-0.1, -0.05) is 0 Å². The zero-order valence-electron chi connectivity index (χ0n) is 18.1. The average molecular weight is 469 g/mol. The van der Waals surface area contributed by atoms with Gasteiger partial charge in [-0.05, 0) is 57.2 Å². The zero-order valence-corrected chi connectivity index (χ0v) is 18.1. The van der Waals surface area contributed by atoms with Gasteiger partial charge in [0.1, 0.15) is 12.6 Å². The van der Waals surface area contributed by atoms with Crippen LogP contribution in [0.25, 0.3) is 0 Å². The van der Waals surface area contributed by atoms with Gasteiger partial charge < -0.3 is 10.6 Å². The number of anilines is 1. The van der Waals surface area contributed by atoms with Gasteiger partial charge in [0.25, 0.3) is 12.3 Å². The van der Waals surface area contributed by atoms with E-state index in [0.717, 1.165) is 10.7 Å². The number of hydrogen-bond acceptors (Lipinski definition) is 4. The van der Waals surface area contributed by atoms with Gasteiger partial charge in [-0.3, -0.25) is 9.48 Å². The van der Waals surface area contributed by atoms with Crippen LogP contribution in [0.4, 0.5) is 27.6 Å². The second kappa shape index (κ2) is 9.77. The van der Waals surface area contributed by atoms with E-state index in [1.165, 1.54) is 19.2 Å². The Kier molecular flexibility index (Phi) is 7.25. The number of hydrogen-bond donors (Lipinski definition) is 2. The van der Waals surface area contributed by atoms with Gasteiger partial charge in [-0.25, -0.2) is 8.78 Å². The van der Waals surface area contributed by atoms with Crippen LogP contribution in [0.3, 0.4) is 0 Å². The molecule has 0 spiro atoms. The number of alkyl halides is 5. The number of nitrogens with one attached hydrogen (secondary N) is 2. The van der Waals surface area contributed by atoms with E-state index >= 15 is 0 Å². The van der Waals surface area contributed by atoms with Gasteiger partial charge in [0.15, 0.2) is 0 Å². The molecular weight excluding hydrogens is 445 g/mol. The molecule has 178 valence electrons. The van der Waals surface area contributed by atoms with Gasteiger partial charge in [-0.2, -0.15) is 23.5 Å². The largest absolute Gasteiger partial charge is 0.417 e. The van der Waals surface area contributed by atoms with Crippen LogP contribution in [0.1, 0.15) is 58.4 Å². The fourth-order valence-electron chi connectivity index (χ4n) is 4.10. The number of amides is 1. The lowest BCUT2D eigenvalue weighted by molar-refractivity contribution is -0.137. The van der Waals surface area contributed by atoms with Crippen LogP contribution in [-0.4, -0.2) is 34.2 Å². The minimum atomic E-state index is -4.63. The van der Waals surface area contributed by atoms with Crippen LogP contribution in [0.15, 0.2) is 18.3 Å². The van der Waals surface area contributed by atoms with E-state index in [-0.39, 0.29) is 34.7 Å². The molecule has 1 aromatic carbocycles. The summed E-state index contributed by atoms with van der Waals surface area (Å²) in [6.07, 6.45) is -3.45. The average Bonchev–Trinajstić information content (AvgIpc) is 3.07. The van der Waals surface area contributed by atoms with Crippen LogP contribution in [0.5, 0.6) is 0 Å². The molecule has 1 aromatic heterocycles. The summed E-state index contributed by atoms with van der Waals surface area (Å²) in [6, 6.07) is 3.89. The molecule has 11 heteroatoms. The molecule has 6 nitrogen and oxygen atoms in total. The molecule has 0 aliphatic heterocycles. The predicted molar refractivity (Wildman–Crippen MR) is 111 cm³/mol. The van der Waals surface area contributed by atoms with Gasteiger partial charge >= 0.3 is 6.18 Å². The maximum atomic E-state index is 13.3. The number of nitriles is 1. The zero-order chi connectivity index (χ0) is 24.3. The van der Waals surface area contributed by atoms with Crippen molar-refractivity contribution >= 4 is 11.6 Å². The number of halogens is 5. The van der Waals surface area contributed by atoms with Crippen LogP contribution in [0.2, 0.25) is 0 Å². The molecule has 0 bridgehead atoms. The Morgan fingerprint density at radius 3 is 2.42 bits per heavy atom. The molecule has 3 rings (SSSR count).